The highest BCUT2D eigenvalue weighted by atomic mass is 32.2. The molecule has 10 nitrogen and oxygen atoms in total. The van der Waals surface area contributed by atoms with Crippen molar-refractivity contribution in [3.63, 3.8) is 0 Å². The summed E-state index contributed by atoms with van der Waals surface area (Å²) in [6.45, 7) is 3.60. The minimum Gasteiger partial charge on any atom is -0.474 e. The van der Waals surface area contributed by atoms with Crippen LogP contribution in [0.3, 0.4) is 0 Å². The van der Waals surface area contributed by atoms with Crippen molar-refractivity contribution < 1.29 is 27.1 Å². The van der Waals surface area contributed by atoms with Gasteiger partial charge in [-0.05, 0) is 36.2 Å². The number of ether oxygens (including phenoxy) is 2. The first-order valence-electron chi connectivity index (χ1n) is 12.0. The molecule has 0 spiro atoms. The molecule has 11 heteroatoms. The fraction of sp³-hybridized carbons (Fsp3) is 0.400. The number of benzene rings is 1. The average Bonchev–Trinajstić information content (AvgIpc) is 3.57. The van der Waals surface area contributed by atoms with Gasteiger partial charge in [0.05, 0.1) is 23.2 Å². The molecule has 1 fully saturated rings. The van der Waals surface area contributed by atoms with Crippen molar-refractivity contribution in [2.75, 3.05) is 30.3 Å². The van der Waals surface area contributed by atoms with Crippen LogP contribution in [-0.4, -0.2) is 60.9 Å². The van der Waals surface area contributed by atoms with Crippen molar-refractivity contribution in [2.45, 2.75) is 43.8 Å². The molecule has 0 saturated carbocycles. The van der Waals surface area contributed by atoms with Gasteiger partial charge in [-0.15, -0.1) is 0 Å². The molecule has 2 aliphatic heterocycles. The lowest BCUT2D eigenvalue weighted by atomic mass is 10.1. The number of piperidine rings is 1. The number of furan rings is 1. The Morgan fingerprint density at radius 3 is 2.72 bits per heavy atom. The number of hydrogen-bond donors (Lipinski definition) is 0. The first-order valence-corrected chi connectivity index (χ1v) is 13.6. The van der Waals surface area contributed by atoms with Gasteiger partial charge in [-0.2, -0.15) is 0 Å². The van der Waals surface area contributed by atoms with E-state index in [1.54, 1.807) is 48.6 Å². The van der Waals surface area contributed by atoms with E-state index in [0.29, 0.717) is 49.1 Å². The first-order chi connectivity index (χ1) is 17.4. The molecule has 190 valence electrons. The maximum atomic E-state index is 12.3. The quantitative estimate of drug-likeness (QED) is 0.467. The molecule has 0 aliphatic carbocycles. The third-order valence-electron chi connectivity index (χ3n) is 6.52. The Morgan fingerprint density at radius 2 is 1.97 bits per heavy atom. The third kappa shape index (κ3) is 5.15. The smallest absolute Gasteiger partial charge is 0.410 e. The topological polar surface area (TPSA) is 115 Å². The fourth-order valence-electron chi connectivity index (χ4n) is 4.46. The molecule has 0 unspecified atom stereocenters. The number of carbonyl (C=O) groups excluding carboxylic acids is 1. The second-order valence-corrected chi connectivity index (χ2v) is 11.1. The number of rotatable bonds is 7. The molecule has 1 amide bonds. The second-order valence-electron chi connectivity index (χ2n) is 8.80. The number of hydrogen-bond acceptors (Lipinski definition) is 9. The van der Waals surface area contributed by atoms with Crippen LogP contribution in [0, 0.1) is 0 Å². The molecule has 2 aromatic heterocycles. The number of likely N-dealkylation sites (tertiary alicyclic amines) is 1. The maximum Gasteiger partial charge on any atom is 0.410 e. The van der Waals surface area contributed by atoms with E-state index in [-0.39, 0.29) is 24.6 Å². The van der Waals surface area contributed by atoms with Gasteiger partial charge in [0.1, 0.15) is 24.9 Å². The predicted octanol–water partition coefficient (Wildman–Crippen LogP) is 3.74. The van der Waals surface area contributed by atoms with Crippen LogP contribution < -0.4 is 9.64 Å². The molecule has 3 aromatic rings. The lowest BCUT2D eigenvalue weighted by Gasteiger charge is -2.31. The SMILES string of the molecule is CCS(=O)(=O)c1ccc2c(c1)CCN2c1cc(OC2CCN(C(=O)OCc3ccoc3)CC2)ncn1. The van der Waals surface area contributed by atoms with E-state index in [2.05, 4.69) is 9.97 Å². The largest absolute Gasteiger partial charge is 0.474 e. The Bertz CT molecular complexity index is 1320. The highest BCUT2D eigenvalue weighted by molar-refractivity contribution is 7.91. The predicted molar refractivity (Wildman–Crippen MR) is 131 cm³/mol. The molecule has 0 atom stereocenters. The van der Waals surface area contributed by atoms with E-state index in [1.165, 1.54) is 6.33 Å². The number of sulfone groups is 1. The van der Waals surface area contributed by atoms with Crippen molar-refractivity contribution in [3.8, 4) is 5.88 Å². The normalized spacial score (nSPS) is 16.1. The Morgan fingerprint density at radius 1 is 1.14 bits per heavy atom. The highest BCUT2D eigenvalue weighted by Crippen LogP contribution is 2.36. The molecule has 4 heterocycles. The fourth-order valence-corrected chi connectivity index (χ4v) is 5.39. The molecular formula is C25H28N4O6S. The van der Waals surface area contributed by atoms with E-state index < -0.39 is 9.84 Å². The molecule has 0 N–H and O–H groups in total. The average molecular weight is 513 g/mol. The zero-order valence-electron chi connectivity index (χ0n) is 20.0. The highest BCUT2D eigenvalue weighted by Gasteiger charge is 2.27. The monoisotopic (exact) mass is 512 g/mol. The van der Waals surface area contributed by atoms with Gasteiger partial charge < -0.3 is 23.7 Å². The Hall–Kier alpha value is -3.60. The van der Waals surface area contributed by atoms with Crippen molar-refractivity contribution in [1.82, 2.24) is 14.9 Å². The first kappa shape index (κ1) is 24.1. The molecule has 0 radical (unpaired) electrons. The number of amides is 1. The van der Waals surface area contributed by atoms with Crippen LogP contribution >= 0.6 is 0 Å². The van der Waals surface area contributed by atoms with E-state index >= 15 is 0 Å². The molecule has 1 saturated heterocycles. The van der Waals surface area contributed by atoms with Crippen LogP contribution in [-0.2, 0) is 27.6 Å². The summed E-state index contributed by atoms with van der Waals surface area (Å²) in [7, 11) is -3.25. The van der Waals surface area contributed by atoms with Crippen molar-refractivity contribution in [3.05, 3.63) is 60.3 Å². The summed E-state index contributed by atoms with van der Waals surface area (Å²) >= 11 is 0. The van der Waals surface area contributed by atoms with E-state index in [0.717, 1.165) is 23.2 Å². The van der Waals surface area contributed by atoms with Gasteiger partial charge in [0.2, 0.25) is 5.88 Å². The van der Waals surface area contributed by atoms with Crippen LogP contribution in [0.1, 0.15) is 30.9 Å². The van der Waals surface area contributed by atoms with Gasteiger partial charge in [-0.1, -0.05) is 6.92 Å². The van der Waals surface area contributed by atoms with Gasteiger partial charge in [0, 0.05) is 49.8 Å². The van der Waals surface area contributed by atoms with Gasteiger partial charge in [-0.25, -0.2) is 23.2 Å². The Kier molecular flexibility index (Phi) is 6.82. The third-order valence-corrected chi connectivity index (χ3v) is 8.25. The summed E-state index contributed by atoms with van der Waals surface area (Å²) < 4.78 is 40.9. The van der Waals surface area contributed by atoms with Crippen molar-refractivity contribution in [2.24, 2.45) is 0 Å². The zero-order valence-corrected chi connectivity index (χ0v) is 20.8. The zero-order chi connectivity index (χ0) is 25.1. The summed E-state index contributed by atoms with van der Waals surface area (Å²) in [4.78, 5) is 25.1. The van der Waals surface area contributed by atoms with Crippen LogP contribution in [0.5, 0.6) is 5.88 Å². The number of nitrogens with zero attached hydrogens (tertiary/aromatic N) is 4. The maximum absolute atomic E-state index is 12.3. The van der Waals surface area contributed by atoms with Crippen LogP contribution in [0.15, 0.2) is 58.5 Å². The summed E-state index contributed by atoms with van der Waals surface area (Å²) in [6, 6.07) is 8.83. The molecule has 0 bridgehead atoms. The minimum atomic E-state index is -3.25. The molecule has 2 aliphatic rings. The number of anilines is 2. The van der Waals surface area contributed by atoms with Crippen molar-refractivity contribution in [1.29, 1.82) is 0 Å². The van der Waals surface area contributed by atoms with Crippen LogP contribution in [0.2, 0.25) is 0 Å². The Labute approximate surface area is 209 Å². The van der Waals surface area contributed by atoms with Crippen LogP contribution in [0.25, 0.3) is 0 Å². The van der Waals surface area contributed by atoms with Gasteiger partial charge in [-0.3, -0.25) is 0 Å². The van der Waals surface area contributed by atoms with Gasteiger partial charge >= 0.3 is 6.09 Å². The summed E-state index contributed by atoms with van der Waals surface area (Å²) in [6.07, 6.45) is 6.22. The molecular weight excluding hydrogens is 484 g/mol. The van der Waals surface area contributed by atoms with Crippen LogP contribution in [0.4, 0.5) is 16.3 Å². The summed E-state index contributed by atoms with van der Waals surface area (Å²) in [5.41, 5.74) is 2.74. The van der Waals surface area contributed by atoms with Gasteiger partial charge in [0.25, 0.3) is 0 Å². The summed E-state index contributed by atoms with van der Waals surface area (Å²) in [5.74, 6) is 1.25. The standard InChI is InChI=1S/C25H28N4O6S/c1-2-36(31,32)21-3-4-22-19(13-21)5-11-29(22)23-14-24(27-17-26-23)35-20-6-9-28(10-7-20)25(30)34-16-18-8-12-33-15-18/h3-4,8,12-15,17,20H,2,5-7,9-11,16H2,1H3. The van der Waals surface area contributed by atoms with E-state index in [1.807, 2.05) is 11.0 Å². The van der Waals surface area contributed by atoms with E-state index in [9.17, 15) is 13.2 Å². The Balaban J connectivity index is 1.18. The number of carbonyl (C=O) groups is 1. The summed E-state index contributed by atoms with van der Waals surface area (Å²) in [5, 5.41) is 0. The second kappa shape index (κ2) is 10.2. The number of fused-ring (bicyclic) bond motifs is 1. The van der Waals surface area contributed by atoms with Gasteiger partial charge in [0.15, 0.2) is 9.84 Å². The minimum absolute atomic E-state index is 0.0710. The lowest BCUT2D eigenvalue weighted by molar-refractivity contribution is 0.0624. The lowest BCUT2D eigenvalue weighted by Crippen LogP contribution is -2.42. The molecule has 5 rings (SSSR count). The molecule has 36 heavy (non-hydrogen) atoms. The van der Waals surface area contributed by atoms with E-state index in [4.69, 9.17) is 13.9 Å². The molecule has 1 aromatic carbocycles. The van der Waals surface area contributed by atoms with Crippen molar-refractivity contribution >= 4 is 27.4 Å². The number of aromatic nitrogens is 2.